The molecule has 0 fully saturated rings. The van der Waals surface area contributed by atoms with Gasteiger partial charge in [0.2, 0.25) is 6.79 Å². The van der Waals surface area contributed by atoms with Crippen LogP contribution in [0.4, 0.5) is 5.69 Å². The van der Waals surface area contributed by atoms with Crippen molar-refractivity contribution < 1.29 is 14.3 Å². The first-order chi connectivity index (χ1) is 10.1. The largest absolute Gasteiger partial charge is 0.454 e. The van der Waals surface area contributed by atoms with Gasteiger partial charge in [0.05, 0.1) is 17.9 Å². The van der Waals surface area contributed by atoms with Crippen molar-refractivity contribution in [3.05, 3.63) is 47.8 Å². The van der Waals surface area contributed by atoms with E-state index in [4.69, 9.17) is 15.2 Å². The molecule has 0 bridgehead atoms. The molecule has 6 heteroatoms. The molecule has 1 amide bonds. The summed E-state index contributed by atoms with van der Waals surface area (Å²) in [5.74, 6) is 1.16. The third kappa shape index (κ3) is 2.74. The highest BCUT2D eigenvalue weighted by atomic mass is 16.7. The van der Waals surface area contributed by atoms with E-state index in [-0.39, 0.29) is 18.7 Å². The van der Waals surface area contributed by atoms with Gasteiger partial charge in [-0.25, -0.2) is 4.98 Å². The van der Waals surface area contributed by atoms with Crippen molar-refractivity contribution in [3.63, 3.8) is 0 Å². The first-order valence-electron chi connectivity index (χ1n) is 6.55. The third-order valence-electron chi connectivity index (χ3n) is 3.26. The lowest BCUT2D eigenvalue weighted by molar-refractivity contribution is 0.0935. The highest BCUT2D eigenvalue weighted by Gasteiger charge is 2.17. The first-order valence-corrected chi connectivity index (χ1v) is 6.55. The quantitative estimate of drug-likeness (QED) is 0.899. The number of nitrogens with one attached hydrogen (secondary N) is 1. The van der Waals surface area contributed by atoms with Crippen molar-refractivity contribution >= 4 is 11.6 Å². The smallest absolute Gasteiger partial charge is 0.270 e. The van der Waals surface area contributed by atoms with Gasteiger partial charge >= 0.3 is 0 Å². The van der Waals surface area contributed by atoms with Crippen molar-refractivity contribution in [3.8, 4) is 11.5 Å². The van der Waals surface area contributed by atoms with E-state index in [2.05, 4.69) is 10.3 Å². The summed E-state index contributed by atoms with van der Waals surface area (Å²) >= 11 is 0. The second-order valence-electron chi connectivity index (χ2n) is 4.78. The number of pyridine rings is 1. The molecule has 1 atom stereocenters. The Morgan fingerprint density at radius 3 is 2.86 bits per heavy atom. The molecular weight excluding hydrogens is 270 g/mol. The minimum atomic E-state index is -0.250. The molecule has 0 spiro atoms. The Labute approximate surface area is 121 Å². The van der Waals surface area contributed by atoms with E-state index in [0.29, 0.717) is 17.1 Å². The molecule has 3 rings (SSSR count). The van der Waals surface area contributed by atoms with Crippen molar-refractivity contribution in [2.45, 2.75) is 13.0 Å². The number of aromatic nitrogens is 1. The summed E-state index contributed by atoms with van der Waals surface area (Å²) in [7, 11) is 0. The zero-order chi connectivity index (χ0) is 14.8. The summed E-state index contributed by atoms with van der Waals surface area (Å²) in [6.07, 6.45) is 1.46. The molecule has 1 unspecified atom stereocenters. The molecule has 0 saturated carbocycles. The number of nitrogens with two attached hydrogens (primary N) is 1. The number of ether oxygens (including phenoxy) is 2. The maximum absolute atomic E-state index is 12.1. The number of hydrogen-bond donors (Lipinski definition) is 2. The molecule has 21 heavy (non-hydrogen) atoms. The highest BCUT2D eigenvalue weighted by molar-refractivity contribution is 5.92. The topological polar surface area (TPSA) is 86.5 Å². The Bertz CT molecular complexity index is 670. The lowest BCUT2D eigenvalue weighted by Crippen LogP contribution is -2.27. The van der Waals surface area contributed by atoms with Gasteiger partial charge in [-0.05, 0) is 36.8 Å². The van der Waals surface area contributed by atoms with Crippen LogP contribution in [-0.2, 0) is 0 Å². The van der Waals surface area contributed by atoms with E-state index in [0.717, 1.165) is 11.3 Å². The number of hydrogen-bond acceptors (Lipinski definition) is 5. The van der Waals surface area contributed by atoms with E-state index in [1.807, 2.05) is 25.1 Å². The molecule has 1 aromatic carbocycles. The molecule has 6 nitrogen and oxygen atoms in total. The van der Waals surface area contributed by atoms with Crippen LogP contribution in [0.25, 0.3) is 0 Å². The first kappa shape index (κ1) is 13.2. The fourth-order valence-electron chi connectivity index (χ4n) is 2.08. The number of amides is 1. The summed E-state index contributed by atoms with van der Waals surface area (Å²) in [6.45, 7) is 2.13. The lowest BCUT2D eigenvalue weighted by atomic mass is 10.1. The van der Waals surface area contributed by atoms with Crippen LogP contribution in [0.2, 0.25) is 0 Å². The predicted molar refractivity (Wildman–Crippen MR) is 77.1 cm³/mol. The number of nitrogen functional groups attached to an aromatic ring is 1. The number of rotatable bonds is 3. The van der Waals surface area contributed by atoms with Crippen LogP contribution in [0.3, 0.4) is 0 Å². The summed E-state index contributed by atoms with van der Waals surface area (Å²) in [5, 5.41) is 2.88. The Kier molecular flexibility index (Phi) is 3.35. The van der Waals surface area contributed by atoms with Crippen LogP contribution in [0.1, 0.15) is 29.0 Å². The molecule has 2 aromatic rings. The number of fused-ring (bicyclic) bond motifs is 1. The summed E-state index contributed by atoms with van der Waals surface area (Å²) in [4.78, 5) is 16.1. The van der Waals surface area contributed by atoms with E-state index < -0.39 is 0 Å². The van der Waals surface area contributed by atoms with Gasteiger partial charge in [0.1, 0.15) is 5.69 Å². The zero-order valence-corrected chi connectivity index (χ0v) is 11.5. The molecule has 1 aliphatic rings. The number of carbonyl (C=O) groups is 1. The third-order valence-corrected chi connectivity index (χ3v) is 3.26. The minimum Gasteiger partial charge on any atom is -0.454 e. The van der Waals surface area contributed by atoms with Gasteiger partial charge < -0.3 is 20.5 Å². The molecule has 3 N–H and O–H groups in total. The zero-order valence-electron chi connectivity index (χ0n) is 11.5. The van der Waals surface area contributed by atoms with E-state index in [9.17, 15) is 4.79 Å². The molecule has 1 aromatic heterocycles. The summed E-state index contributed by atoms with van der Waals surface area (Å²) in [5.41, 5.74) is 7.34. The van der Waals surface area contributed by atoms with Gasteiger partial charge in [-0.2, -0.15) is 0 Å². The van der Waals surface area contributed by atoms with Crippen LogP contribution in [0.5, 0.6) is 11.5 Å². The van der Waals surface area contributed by atoms with Gasteiger partial charge in [-0.3, -0.25) is 4.79 Å². The Balaban J connectivity index is 1.72. The summed E-state index contributed by atoms with van der Waals surface area (Å²) in [6, 6.07) is 8.66. The monoisotopic (exact) mass is 285 g/mol. The van der Waals surface area contributed by atoms with Gasteiger partial charge in [-0.1, -0.05) is 6.07 Å². The van der Waals surface area contributed by atoms with Crippen LogP contribution >= 0.6 is 0 Å². The Hall–Kier alpha value is -2.76. The van der Waals surface area contributed by atoms with Crippen LogP contribution < -0.4 is 20.5 Å². The SMILES string of the molecule is CC(NC(=O)c1ccc(N)cn1)c1ccc2c(c1)OCO2. The number of benzene rings is 1. The minimum absolute atomic E-state index is 0.175. The van der Waals surface area contributed by atoms with E-state index in [1.54, 1.807) is 12.1 Å². The van der Waals surface area contributed by atoms with Crippen LogP contribution in [0, 0.1) is 0 Å². The van der Waals surface area contributed by atoms with Gasteiger partial charge in [0.15, 0.2) is 11.5 Å². The number of carbonyl (C=O) groups excluding carboxylic acids is 1. The Morgan fingerprint density at radius 2 is 2.10 bits per heavy atom. The second kappa shape index (κ2) is 5.32. The van der Waals surface area contributed by atoms with Crippen molar-refractivity contribution in [2.24, 2.45) is 0 Å². The Morgan fingerprint density at radius 1 is 1.29 bits per heavy atom. The molecular formula is C15H15N3O3. The average Bonchev–Trinajstić information content (AvgIpc) is 2.95. The van der Waals surface area contributed by atoms with Crippen LogP contribution in [0.15, 0.2) is 36.5 Å². The van der Waals surface area contributed by atoms with E-state index >= 15 is 0 Å². The van der Waals surface area contributed by atoms with Crippen molar-refractivity contribution in [1.82, 2.24) is 10.3 Å². The molecule has 0 radical (unpaired) electrons. The maximum Gasteiger partial charge on any atom is 0.270 e. The van der Waals surface area contributed by atoms with E-state index in [1.165, 1.54) is 6.20 Å². The van der Waals surface area contributed by atoms with Gasteiger partial charge in [0.25, 0.3) is 5.91 Å². The fraction of sp³-hybridized carbons (Fsp3) is 0.200. The predicted octanol–water partition coefficient (Wildman–Crippen LogP) is 1.88. The maximum atomic E-state index is 12.1. The normalized spacial score (nSPS) is 13.8. The molecule has 1 aliphatic heterocycles. The number of anilines is 1. The molecule has 2 heterocycles. The molecule has 0 aliphatic carbocycles. The van der Waals surface area contributed by atoms with Crippen molar-refractivity contribution in [1.29, 1.82) is 0 Å². The van der Waals surface area contributed by atoms with Crippen LogP contribution in [-0.4, -0.2) is 17.7 Å². The van der Waals surface area contributed by atoms with Crippen molar-refractivity contribution in [2.75, 3.05) is 12.5 Å². The second-order valence-corrected chi connectivity index (χ2v) is 4.78. The fourth-order valence-corrected chi connectivity index (χ4v) is 2.08. The van der Waals surface area contributed by atoms with Gasteiger partial charge in [0, 0.05) is 0 Å². The molecule has 108 valence electrons. The summed E-state index contributed by atoms with van der Waals surface area (Å²) < 4.78 is 10.6. The average molecular weight is 285 g/mol. The standard InChI is InChI=1S/C15H15N3O3/c1-9(10-2-5-13-14(6-10)21-8-20-13)18-15(19)12-4-3-11(16)7-17-12/h2-7,9H,8,16H2,1H3,(H,18,19). The number of nitrogens with zero attached hydrogens (tertiary/aromatic N) is 1. The van der Waals surface area contributed by atoms with Gasteiger partial charge in [-0.15, -0.1) is 0 Å². The highest BCUT2D eigenvalue weighted by Crippen LogP contribution is 2.34. The lowest BCUT2D eigenvalue weighted by Gasteiger charge is -2.14. The molecule has 0 saturated heterocycles.